The van der Waals surface area contributed by atoms with Crippen molar-refractivity contribution in [2.24, 2.45) is 0 Å². The van der Waals surface area contributed by atoms with Crippen LogP contribution in [0.4, 0.5) is 4.79 Å². The smallest absolute Gasteiger partial charge is 0.289 e. The van der Waals surface area contributed by atoms with Crippen molar-refractivity contribution in [3.63, 3.8) is 0 Å². The highest BCUT2D eigenvalue weighted by molar-refractivity contribution is 8.18. The molecule has 19 heavy (non-hydrogen) atoms. The second-order valence-corrected chi connectivity index (χ2v) is 4.99. The molecule has 96 valence electrons. The summed E-state index contributed by atoms with van der Waals surface area (Å²) in [4.78, 5) is 11.8. The second-order valence-electron chi connectivity index (χ2n) is 4.01. The fraction of sp³-hybridized carbons (Fsp3) is 0.0833. The Morgan fingerprint density at radius 1 is 1.16 bits per heavy atom. The Morgan fingerprint density at radius 2 is 1.95 bits per heavy atom. The number of thioether (sulfide) groups is 1. The molecule has 2 aliphatic heterocycles. The van der Waals surface area contributed by atoms with E-state index >= 15 is 0 Å². The summed E-state index contributed by atoms with van der Waals surface area (Å²) < 4.78 is 5.17. The molecule has 2 heterocycles. The van der Waals surface area contributed by atoms with E-state index in [1.165, 1.54) is 0 Å². The van der Waals surface area contributed by atoms with E-state index in [1.54, 1.807) is 25.3 Å². The van der Waals surface area contributed by atoms with Crippen LogP contribution in [0, 0.1) is 10.8 Å². The van der Waals surface area contributed by atoms with Crippen molar-refractivity contribution < 1.29 is 9.53 Å². The van der Waals surface area contributed by atoms with Gasteiger partial charge in [-0.2, -0.15) is 0 Å². The third kappa shape index (κ3) is 1.78. The van der Waals surface area contributed by atoms with E-state index in [0.717, 1.165) is 22.9 Å². The fourth-order valence-corrected chi connectivity index (χ4v) is 2.77. The zero-order valence-electron chi connectivity index (χ0n) is 9.96. The van der Waals surface area contributed by atoms with Gasteiger partial charge >= 0.3 is 0 Å². The summed E-state index contributed by atoms with van der Waals surface area (Å²) >= 11 is 0.955. The van der Waals surface area contributed by atoms with Gasteiger partial charge in [-0.25, -0.2) is 0 Å². The molecule has 0 radical (unpaired) electrons. The molecule has 7 heteroatoms. The molecule has 4 N–H and O–H groups in total. The number of hydrogen-bond acceptors (Lipinski definition) is 5. The van der Waals surface area contributed by atoms with Gasteiger partial charge in [-0.15, -0.1) is 0 Å². The van der Waals surface area contributed by atoms with Gasteiger partial charge in [0.1, 0.15) is 17.4 Å². The van der Waals surface area contributed by atoms with Crippen LogP contribution in [0.1, 0.15) is 11.1 Å². The Bertz CT molecular complexity index is 666. The van der Waals surface area contributed by atoms with Crippen LogP contribution in [0.2, 0.25) is 0 Å². The summed E-state index contributed by atoms with van der Waals surface area (Å²) in [6, 6.07) is 5.36. The first-order chi connectivity index (χ1) is 9.10. The first kappa shape index (κ1) is 11.8. The number of fused-ring (bicyclic) bond motifs is 1. The predicted molar refractivity (Wildman–Crippen MR) is 73.7 cm³/mol. The number of benzene rings is 1. The van der Waals surface area contributed by atoms with Crippen LogP contribution < -0.4 is 15.4 Å². The number of carbonyl (C=O) groups is 1. The van der Waals surface area contributed by atoms with E-state index in [4.69, 9.17) is 15.6 Å². The normalized spacial score (nSPS) is 21.2. The molecule has 1 aromatic carbocycles. The van der Waals surface area contributed by atoms with Gasteiger partial charge in [-0.1, -0.05) is 0 Å². The van der Waals surface area contributed by atoms with Gasteiger partial charge in [0.2, 0.25) is 0 Å². The molecule has 0 spiro atoms. The van der Waals surface area contributed by atoms with Crippen molar-refractivity contribution in [3.05, 3.63) is 34.2 Å². The van der Waals surface area contributed by atoms with Crippen molar-refractivity contribution in [1.82, 2.24) is 10.6 Å². The maximum Gasteiger partial charge on any atom is 0.289 e. The highest BCUT2D eigenvalue weighted by Crippen LogP contribution is 2.36. The molecule has 0 atom stereocenters. The SMILES string of the molecule is COc1ccc2c(c1)/C(=C1\SC(=O)NC1=N)NC2=N. The summed E-state index contributed by atoms with van der Waals surface area (Å²) in [5, 5.41) is 20.7. The summed E-state index contributed by atoms with van der Waals surface area (Å²) in [5.41, 5.74) is 2.11. The minimum absolute atomic E-state index is 0.0565. The highest BCUT2D eigenvalue weighted by atomic mass is 32.2. The zero-order valence-corrected chi connectivity index (χ0v) is 10.8. The molecular weight excluding hydrogens is 264 g/mol. The van der Waals surface area contributed by atoms with Crippen LogP contribution in [0.25, 0.3) is 5.70 Å². The molecule has 1 amide bonds. The van der Waals surface area contributed by atoms with Gasteiger partial charge in [0, 0.05) is 11.1 Å². The van der Waals surface area contributed by atoms with Gasteiger partial charge in [0.15, 0.2) is 0 Å². The number of carbonyl (C=O) groups excluding carboxylic acids is 1. The lowest BCUT2D eigenvalue weighted by Gasteiger charge is -2.05. The van der Waals surface area contributed by atoms with Gasteiger partial charge in [0.05, 0.1) is 17.7 Å². The van der Waals surface area contributed by atoms with E-state index in [2.05, 4.69) is 10.6 Å². The van der Waals surface area contributed by atoms with E-state index in [-0.39, 0.29) is 16.9 Å². The van der Waals surface area contributed by atoms with E-state index in [9.17, 15) is 4.79 Å². The molecule has 1 fully saturated rings. The average Bonchev–Trinajstić information content (AvgIpc) is 2.89. The molecule has 2 aliphatic rings. The second kappa shape index (κ2) is 4.13. The lowest BCUT2D eigenvalue weighted by atomic mass is 10.1. The Kier molecular flexibility index (Phi) is 2.56. The highest BCUT2D eigenvalue weighted by Gasteiger charge is 2.31. The van der Waals surface area contributed by atoms with Crippen LogP contribution in [0.15, 0.2) is 23.1 Å². The molecular formula is C12H10N4O2S. The third-order valence-electron chi connectivity index (χ3n) is 2.89. The average molecular weight is 274 g/mol. The summed E-state index contributed by atoms with van der Waals surface area (Å²) in [5.74, 6) is 0.982. The number of nitrogens with one attached hydrogen (secondary N) is 4. The predicted octanol–water partition coefficient (Wildman–Crippen LogP) is 1.73. The van der Waals surface area contributed by atoms with Crippen molar-refractivity contribution in [1.29, 1.82) is 10.8 Å². The van der Waals surface area contributed by atoms with Gasteiger partial charge < -0.3 is 15.4 Å². The number of rotatable bonds is 1. The lowest BCUT2D eigenvalue weighted by Crippen LogP contribution is -2.19. The number of ether oxygens (including phenoxy) is 1. The molecule has 1 saturated heterocycles. The van der Waals surface area contributed by atoms with Gasteiger partial charge in [0.25, 0.3) is 5.24 Å². The van der Waals surface area contributed by atoms with Gasteiger partial charge in [-0.05, 0) is 30.0 Å². The Morgan fingerprint density at radius 3 is 2.58 bits per heavy atom. The molecule has 1 aromatic rings. The minimum Gasteiger partial charge on any atom is -0.497 e. The minimum atomic E-state index is -0.280. The lowest BCUT2D eigenvalue weighted by molar-refractivity contribution is 0.265. The fourth-order valence-electron chi connectivity index (χ4n) is 2.02. The van der Waals surface area contributed by atoms with Crippen LogP contribution in [0.3, 0.4) is 0 Å². The molecule has 0 aromatic heterocycles. The Balaban J connectivity index is 2.18. The van der Waals surface area contributed by atoms with E-state index in [1.807, 2.05) is 0 Å². The maximum absolute atomic E-state index is 11.3. The van der Waals surface area contributed by atoms with Crippen molar-refractivity contribution >= 4 is 34.4 Å². The van der Waals surface area contributed by atoms with Crippen LogP contribution in [-0.4, -0.2) is 24.0 Å². The first-order valence-corrected chi connectivity index (χ1v) is 6.28. The molecule has 0 aliphatic carbocycles. The van der Waals surface area contributed by atoms with Crippen molar-refractivity contribution in [2.45, 2.75) is 0 Å². The molecule has 3 rings (SSSR count). The first-order valence-electron chi connectivity index (χ1n) is 5.46. The molecule has 6 nitrogen and oxygen atoms in total. The number of methoxy groups -OCH3 is 1. The topological polar surface area (TPSA) is 98.1 Å². The largest absolute Gasteiger partial charge is 0.497 e. The van der Waals surface area contributed by atoms with E-state index in [0.29, 0.717) is 16.4 Å². The standard InChI is InChI=1S/C12H10N4O2S/c1-18-5-2-3-6-7(4-5)8(15-10(6)13)9-11(14)16-12(17)19-9/h2-4H,1H3,(H2,13,15)(H2,14,16,17)/b9-8+. The van der Waals surface area contributed by atoms with Crippen molar-refractivity contribution in [3.8, 4) is 5.75 Å². The Labute approximate surface area is 113 Å². The summed E-state index contributed by atoms with van der Waals surface area (Å²) in [7, 11) is 1.57. The van der Waals surface area contributed by atoms with Crippen LogP contribution >= 0.6 is 11.8 Å². The summed E-state index contributed by atoms with van der Waals surface area (Å²) in [6.45, 7) is 0. The molecule has 0 saturated carbocycles. The Hall–Kier alpha value is -2.28. The molecule has 0 bridgehead atoms. The maximum atomic E-state index is 11.3. The zero-order chi connectivity index (χ0) is 13.6. The number of hydrogen-bond donors (Lipinski definition) is 4. The van der Waals surface area contributed by atoms with Crippen LogP contribution in [0.5, 0.6) is 5.75 Å². The van der Waals surface area contributed by atoms with E-state index < -0.39 is 0 Å². The molecule has 0 unspecified atom stereocenters. The third-order valence-corrected chi connectivity index (χ3v) is 3.79. The monoisotopic (exact) mass is 274 g/mol. The van der Waals surface area contributed by atoms with Crippen molar-refractivity contribution in [2.75, 3.05) is 7.11 Å². The summed E-state index contributed by atoms with van der Waals surface area (Å²) in [6.07, 6.45) is 0. The van der Waals surface area contributed by atoms with Crippen LogP contribution in [-0.2, 0) is 0 Å². The number of amides is 1. The number of amidine groups is 2. The quantitative estimate of drug-likeness (QED) is 0.626. The van der Waals surface area contributed by atoms with Gasteiger partial charge in [-0.3, -0.25) is 15.6 Å².